The zero-order chi connectivity index (χ0) is 14.3. The molecule has 0 amide bonds. The van der Waals surface area contributed by atoms with Crippen LogP contribution in [0, 0.1) is 0 Å². The molecule has 4 nitrogen and oxygen atoms in total. The van der Waals surface area contributed by atoms with Crippen LogP contribution in [-0.4, -0.2) is 29.0 Å². The van der Waals surface area contributed by atoms with Crippen molar-refractivity contribution >= 4 is 48.4 Å². The van der Waals surface area contributed by atoms with E-state index in [0.717, 1.165) is 34.2 Å². The minimum Gasteiger partial charge on any atom is -0.326 e. The van der Waals surface area contributed by atoms with Crippen LogP contribution in [-0.2, 0) is 22.3 Å². The summed E-state index contributed by atoms with van der Waals surface area (Å²) in [6.07, 6.45) is 1.47. The molecule has 1 atom stereocenters. The van der Waals surface area contributed by atoms with Gasteiger partial charge in [-0.25, -0.2) is 13.4 Å². The quantitative estimate of drug-likeness (QED) is 0.772. The molecule has 0 aliphatic carbocycles. The van der Waals surface area contributed by atoms with Crippen molar-refractivity contribution in [2.75, 3.05) is 5.75 Å². The van der Waals surface area contributed by atoms with Gasteiger partial charge in [-0.1, -0.05) is 15.9 Å². The molecule has 2 heterocycles. The third-order valence-electron chi connectivity index (χ3n) is 3.76. The van der Waals surface area contributed by atoms with Gasteiger partial charge in [0.05, 0.1) is 27.9 Å². The normalized spacial score (nSPS) is 21.6. The number of aromatic nitrogens is 2. The molecule has 0 radical (unpaired) electrons. The van der Waals surface area contributed by atoms with Gasteiger partial charge in [-0.15, -0.1) is 11.6 Å². The van der Waals surface area contributed by atoms with Crippen LogP contribution in [0.15, 0.2) is 22.7 Å². The van der Waals surface area contributed by atoms with Crippen molar-refractivity contribution in [1.29, 1.82) is 0 Å². The van der Waals surface area contributed by atoms with E-state index in [2.05, 4.69) is 20.9 Å². The smallest absolute Gasteiger partial charge is 0.154 e. The lowest BCUT2D eigenvalue weighted by molar-refractivity contribution is 0.565. The van der Waals surface area contributed by atoms with Crippen LogP contribution in [0.1, 0.15) is 18.7 Å². The Morgan fingerprint density at radius 1 is 1.45 bits per heavy atom. The van der Waals surface area contributed by atoms with Gasteiger partial charge in [0.1, 0.15) is 5.82 Å². The maximum atomic E-state index is 12.0. The first-order valence-corrected chi connectivity index (χ1v) is 9.48. The lowest BCUT2D eigenvalue weighted by Crippen LogP contribution is -2.23. The highest BCUT2D eigenvalue weighted by molar-refractivity contribution is 9.10. The van der Waals surface area contributed by atoms with Crippen molar-refractivity contribution in [3.8, 4) is 0 Å². The van der Waals surface area contributed by atoms with Crippen molar-refractivity contribution in [1.82, 2.24) is 9.55 Å². The number of nitrogens with zero attached hydrogens (tertiary/aromatic N) is 2. The van der Waals surface area contributed by atoms with Gasteiger partial charge in [-0.3, -0.25) is 0 Å². The first kappa shape index (κ1) is 14.4. The Labute approximate surface area is 131 Å². The summed E-state index contributed by atoms with van der Waals surface area (Å²) in [6.45, 7) is 0.447. The number of imidazole rings is 1. The SMILES string of the molecule is O=S1(=O)CCCC1Cn1c(CCl)nc2cc(Br)ccc21. The van der Waals surface area contributed by atoms with Gasteiger partial charge in [0.25, 0.3) is 0 Å². The minimum absolute atomic E-state index is 0.277. The number of sulfone groups is 1. The number of benzene rings is 1. The van der Waals surface area contributed by atoms with Crippen LogP contribution in [0.3, 0.4) is 0 Å². The van der Waals surface area contributed by atoms with Crippen LogP contribution in [0.2, 0.25) is 0 Å². The fourth-order valence-electron chi connectivity index (χ4n) is 2.73. The molecule has 7 heteroatoms. The van der Waals surface area contributed by atoms with Crippen LogP contribution in [0.5, 0.6) is 0 Å². The molecule has 3 rings (SSSR count). The molecule has 1 saturated heterocycles. The Hall–Kier alpha value is -0.590. The van der Waals surface area contributed by atoms with E-state index in [1.54, 1.807) is 0 Å². The van der Waals surface area contributed by atoms with Crippen molar-refractivity contribution in [2.24, 2.45) is 0 Å². The minimum atomic E-state index is -2.97. The number of halogens is 2. The molecular weight excluding hydrogens is 364 g/mol. The molecule has 0 spiro atoms. The summed E-state index contributed by atoms with van der Waals surface area (Å²) >= 11 is 9.37. The van der Waals surface area contributed by atoms with Gasteiger partial charge >= 0.3 is 0 Å². The molecule has 1 aromatic heterocycles. The maximum Gasteiger partial charge on any atom is 0.154 e. The van der Waals surface area contributed by atoms with Crippen molar-refractivity contribution in [3.05, 3.63) is 28.5 Å². The van der Waals surface area contributed by atoms with Gasteiger partial charge < -0.3 is 4.57 Å². The second-order valence-electron chi connectivity index (χ2n) is 5.04. The molecule has 1 aliphatic rings. The number of fused-ring (bicyclic) bond motifs is 1. The summed E-state index contributed by atoms with van der Waals surface area (Å²) in [4.78, 5) is 4.49. The number of rotatable bonds is 3. The van der Waals surface area contributed by atoms with E-state index in [9.17, 15) is 8.42 Å². The molecule has 20 heavy (non-hydrogen) atoms. The molecule has 1 aliphatic heterocycles. The van der Waals surface area contributed by atoms with E-state index in [1.165, 1.54) is 0 Å². The van der Waals surface area contributed by atoms with Crippen LogP contribution in [0.25, 0.3) is 11.0 Å². The zero-order valence-corrected chi connectivity index (χ0v) is 13.9. The Morgan fingerprint density at radius 3 is 2.90 bits per heavy atom. The highest BCUT2D eigenvalue weighted by atomic mass is 79.9. The van der Waals surface area contributed by atoms with E-state index >= 15 is 0 Å². The highest BCUT2D eigenvalue weighted by Crippen LogP contribution is 2.26. The van der Waals surface area contributed by atoms with Crippen molar-refractivity contribution in [2.45, 2.75) is 30.5 Å². The van der Waals surface area contributed by atoms with Gasteiger partial charge in [0.2, 0.25) is 0 Å². The van der Waals surface area contributed by atoms with E-state index in [1.807, 2.05) is 22.8 Å². The molecule has 108 valence electrons. The van der Waals surface area contributed by atoms with Crippen LogP contribution >= 0.6 is 27.5 Å². The summed E-state index contributed by atoms with van der Waals surface area (Å²) in [5, 5.41) is -0.314. The monoisotopic (exact) mass is 376 g/mol. The van der Waals surface area contributed by atoms with Crippen LogP contribution in [0.4, 0.5) is 0 Å². The van der Waals surface area contributed by atoms with Gasteiger partial charge in [-0.05, 0) is 31.0 Å². The summed E-state index contributed by atoms with van der Waals surface area (Å²) in [7, 11) is -2.97. The third kappa shape index (κ3) is 2.49. The number of hydrogen-bond donors (Lipinski definition) is 0. The Balaban J connectivity index is 2.06. The van der Waals surface area contributed by atoms with E-state index < -0.39 is 9.84 Å². The van der Waals surface area contributed by atoms with Crippen molar-refractivity contribution in [3.63, 3.8) is 0 Å². The molecule has 2 aromatic rings. The molecule has 0 bridgehead atoms. The van der Waals surface area contributed by atoms with E-state index in [-0.39, 0.29) is 11.1 Å². The zero-order valence-electron chi connectivity index (χ0n) is 10.7. The molecule has 0 saturated carbocycles. The fourth-order valence-corrected chi connectivity index (χ4v) is 5.08. The summed E-state index contributed by atoms with van der Waals surface area (Å²) in [5.74, 6) is 1.30. The second-order valence-corrected chi connectivity index (χ2v) is 8.62. The van der Waals surface area contributed by atoms with Gasteiger partial charge in [0.15, 0.2) is 9.84 Å². The van der Waals surface area contributed by atoms with Gasteiger partial charge in [-0.2, -0.15) is 0 Å². The Bertz CT molecular complexity index is 757. The third-order valence-corrected chi connectivity index (χ3v) is 6.75. The van der Waals surface area contributed by atoms with Crippen LogP contribution < -0.4 is 0 Å². The topological polar surface area (TPSA) is 52.0 Å². The summed E-state index contributed by atoms with van der Waals surface area (Å²) in [6, 6.07) is 5.80. The lowest BCUT2D eigenvalue weighted by Gasteiger charge is -2.13. The maximum absolute atomic E-state index is 12.0. The number of hydrogen-bond acceptors (Lipinski definition) is 3. The standard InChI is InChI=1S/C13H14BrClN2O2S/c14-9-3-4-12-11(6-9)16-13(7-15)17(12)8-10-2-1-5-20(10,18)19/h3-4,6,10H,1-2,5,7-8H2. The largest absolute Gasteiger partial charge is 0.326 e. The predicted molar refractivity (Wildman–Crippen MR) is 83.8 cm³/mol. The first-order valence-electron chi connectivity index (χ1n) is 6.43. The molecule has 0 N–H and O–H groups in total. The summed E-state index contributed by atoms with van der Waals surface area (Å²) in [5.41, 5.74) is 1.77. The van der Waals surface area contributed by atoms with Gasteiger partial charge in [0, 0.05) is 11.0 Å². The van der Waals surface area contributed by atoms with Crippen molar-refractivity contribution < 1.29 is 8.42 Å². The summed E-state index contributed by atoms with van der Waals surface area (Å²) < 4.78 is 26.9. The molecule has 1 fully saturated rings. The predicted octanol–water partition coefficient (Wildman–Crippen LogP) is 3.11. The Kier molecular flexibility index (Phi) is 3.81. The average Bonchev–Trinajstić information content (AvgIpc) is 2.90. The van der Waals surface area contributed by atoms with E-state index in [0.29, 0.717) is 12.3 Å². The lowest BCUT2D eigenvalue weighted by atomic mass is 10.2. The number of alkyl halides is 1. The Morgan fingerprint density at radius 2 is 2.25 bits per heavy atom. The average molecular weight is 378 g/mol. The molecular formula is C13H14BrClN2O2S. The van der Waals surface area contributed by atoms with E-state index in [4.69, 9.17) is 11.6 Å². The first-order chi connectivity index (χ1) is 9.51. The fraction of sp³-hybridized carbons (Fsp3) is 0.462. The second kappa shape index (κ2) is 5.31. The molecule has 1 aromatic carbocycles. The molecule has 1 unspecified atom stereocenters. The highest BCUT2D eigenvalue weighted by Gasteiger charge is 2.32.